The van der Waals surface area contributed by atoms with Crippen LogP contribution < -0.4 is 5.32 Å². The minimum absolute atomic E-state index is 0.138. The molecule has 0 aromatic carbocycles. The molecule has 0 aromatic heterocycles. The van der Waals surface area contributed by atoms with Gasteiger partial charge in [0.1, 0.15) is 6.67 Å². The minimum Gasteiger partial charge on any atom is -0.392 e. The van der Waals surface area contributed by atoms with Crippen LogP contribution in [0.1, 0.15) is 25.7 Å². The number of alkyl halides is 1. The van der Waals surface area contributed by atoms with Gasteiger partial charge in [0.25, 0.3) is 0 Å². The van der Waals surface area contributed by atoms with Crippen molar-refractivity contribution in [2.75, 3.05) is 13.2 Å². The van der Waals surface area contributed by atoms with E-state index in [2.05, 4.69) is 5.32 Å². The van der Waals surface area contributed by atoms with Crippen LogP contribution in [0.15, 0.2) is 0 Å². The van der Waals surface area contributed by atoms with Gasteiger partial charge in [-0.1, -0.05) is 12.8 Å². The molecule has 1 saturated carbocycles. The summed E-state index contributed by atoms with van der Waals surface area (Å²) in [7, 11) is 0. The number of aliphatic hydroxyl groups is 1. The van der Waals surface area contributed by atoms with Crippen molar-refractivity contribution in [3.8, 4) is 0 Å². The maximum Gasteiger partial charge on any atom is 0.102 e. The first-order valence-corrected chi connectivity index (χ1v) is 4.32. The van der Waals surface area contributed by atoms with E-state index in [1.807, 2.05) is 0 Å². The lowest BCUT2D eigenvalue weighted by molar-refractivity contribution is 0.0903. The SMILES string of the molecule is OC1CCCCC1NCCF. The Labute approximate surface area is 66.8 Å². The van der Waals surface area contributed by atoms with Crippen LogP contribution in [0.4, 0.5) is 4.39 Å². The van der Waals surface area contributed by atoms with E-state index in [9.17, 15) is 9.50 Å². The fourth-order valence-electron chi connectivity index (χ4n) is 1.59. The highest BCUT2D eigenvalue weighted by atomic mass is 19.1. The third-order valence-electron chi connectivity index (χ3n) is 2.23. The number of nitrogens with one attached hydrogen (secondary N) is 1. The second kappa shape index (κ2) is 4.67. The molecule has 0 saturated heterocycles. The summed E-state index contributed by atoms with van der Waals surface area (Å²) in [6, 6.07) is 0.138. The maximum atomic E-state index is 11.7. The van der Waals surface area contributed by atoms with Gasteiger partial charge in [-0.25, -0.2) is 4.39 Å². The first kappa shape index (κ1) is 8.94. The number of hydrogen-bond acceptors (Lipinski definition) is 2. The molecule has 0 heterocycles. The van der Waals surface area contributed by atoms with Crippen LogP contribution in [0, 0.1) is 0 Å². The Kier molecular flexibility index (Phi) is 3.80. The van der Waals surface area contributed by atoms with Crippen LogP contribution in [0.5, 0.6) is 0 Å². The summed E-state index contributed by atoms with van der Waals surface area (Å²) in [5, 5.41) is 12.4. The van der Waals surface area contributed by atoms with Crippen LogP contribution in [0.2, 0.25) is 0 Å². The summed E-state index contributed by atoms with van der Waals surface area (Å²) in [6.07, 6.45) is 3.86. The van der Waals surface area contributed by atoms with Gasteiger partial charge in [-0.15, -0.1) is 0 Å². The molecule has 2 atom stereocenters. The van der Waals surface area contributed by atoms with E-state index in [0.29, 0.717) is 6.54 Å². The minimum atomic E-state index is -0.344. The summed E-state index contributed by atoms with van der Waals surface area (Å²) >= 11 is 0. The fraction of sp³-hybridized carbons (Fsp3) is 1.00. The molecular formula is C8H16FNO. The van der Waals surface area contributed by atoms with Gasteiger partial charge in [-0.3, -0.25) is 0 Å². The molecule has 0 amide bonds. The molecule has 0 aliphatic heterocycles. The van der Waals surface area contributed by atoms with Gasteiger partial charge < -0.3 is 10.4 Å². The molecule has 0 spiro atoms. The Morgan fingerprint density at radius 1 is 1.36 bits per heavy atom. The zero-order chi connectivity index (χ0) is 8.10. The highest BCUT2D eigenvalue weighted by Crippen LogP contribution is 2.17. The van der Waals surface area contributed by atoms with Crippen molar-refractivity contribution < 1.29 is 9.50 Å². The summed E-state index contributed by atoms with van der Waals surface area (Å²) in [4.78, 5) is 0. The van der Waals surface area contributed by atoms with E-state index in [1.54, 1.807) is 0 Å². The van der Waals surface area contributed by atoms with Crippen molar-refractivity contribution in [1.82, 2.24) is 5.32 Å². The van der Waals surface area contributed by atoms with Crippen LogP contribution in [-0.4, -0.2) is 30.5 Å². The van der Waals surface area contributed by atoms with Gasteiger partial charge in [-0.2, -0.15) is 0 Å². The van der Waals surface area contributed by atoms with E-state index in [4.69, 9.17) is 0 Å². The van der Waals surface area contributed by atoms with Crippen LogP contribution in [0.25, 0.3) is 0 Å². The maximum absolute atomic E-state index is 11.7. The largest absolute Gasteiger partial charge is 0.392 e. The topological polar surface area (TPSA) is 32.3 Å². The molecular weight excluding hydrogens is 145 g/mol. The monoisotopic (exact) mass is 161 g/mol. The van der Waals surface area contributed by atoms with E-state index in [-0.39, 0.29) is 18.8 Å². The summed E-state index contributed by atoms with van der Waals surface area (Å²) in [5.41, 5.74) is 0. The summed E-state index contributed by atoms with van der Waals surface area (Å²) in [6.45, 7) is 0.0327. The Morgan fingerprint density at radius 3 is 2.73 bits per heavy atom. The Balaban J connectivity index is 2.18. The van der Waals surface area contributed by atoms with Crippen molar-refractivity contribution >= 4 is 0 Å². The van der Waals surface area contributed by atoms with Crippen LogP contribution in [-0.2, 0) is 0 Å². The molecule has 0 bridgehead atoms. The molecule has 1 rings (SSSR count). The quantitative estimate of drug-likeness (QED) is 0.643. The third kappa shape index (κ3) is 2.75. The molecule has 1 fully saturated rings. The van der Waals surface area contributed by atoms with Crippen molar-refractivity contribution in [3.63, 3.8) is 0 Å². The Morgan fingerprint density at radius 2 is 2.09 bits per heavy atom. The zero-order valence-electron chi connectivity index (χ0n) is 6.72. The molecule has 2 unspecified atom stereocenters. The van der Waals surface area contributed by atoms with Crippen LogP contribution in [0.3, 0.4) is 0 Å². The zero-order valence-corrected chi connectivity index (χ0v) is 6.72. The second-order valence-corrected chi connectivity index (χ2v) is 3.10. The normalized spacial score (nSPS) is 32.2. The molecule has 1 aliphatic rings. The molecule has 1 aliphatic carbocycles. The van der Waals surface area contributed by atoms with Gasteiger partial charge >= 0.3 is 0 Å². The van der Waals surface area contributed by atoms with Crippen molar-refractivity contribution in [2.24, 2.45) is 0 Å². The lowest BCUT2D eigenvalue weighted by Crippen LogP contribution is -2.42. The van der Waals surface area contributed by atoms with Gasteiger partial charge in [0.05, 0.1) is 6.10 Å². The number of hydrogen-bond donors (Lipinski definition) is 2. The lowest BCUT2D eigenvalue weighted by Gasteiger charge is -2.27. The van der Waals surface area contributed by atoms with E-state index in [0.717, 1.165) is 25.7 Å². The molecule has 2 N–H and O–H groups in total. The van der Waals surface area contributed by atoms with Crippen molar-refractivity contribution in [3.05, 3.63) is 0 Å². The van der Waals surface area contributed by atoms with Gasteiger partial charge in [0, 0.05) is 12.6 Å². The average molecular weight is 161 g/mol. The van der Waals surface area contributed by atoms with Crippen molar-refractivity contribution in [1.29, 1.82) is 0 Å². The van der Waals surface area contributed by atoms with Gasteiger partial charge in [0.15, 0.2) is 0 Å². The summed E-state index contributed by atoms with van der Waals surface area (Å²) in [5.74, 6) is 0. The molecule has 11 heavy (non-hydrogen) atoms. The summed E-state index contributed by atoms with van der Waals surface area (Å²) < 4.78 is 11.7. The highest BCUT2D eigenvalue weighted by Gasteiger charge is 2.21. The molecule has 66 valence electrons. The first-order chi connectivity index (χ1) is 5.34. The molecule has 3 heteroatoms. The lowest BCUT2D eigenvalue weighted by atomic mass is 9.93. The van der Waals surface area contributed by atoms with Gasteiger partial charge in [-0.05, 0) is 12.8 Å². The Bertz CT molecular complexity index is 110. The van der Waals surface area contributed by atoms with Crippen molar-refractivity contribution in [2.45, 2.75) is 37.8 Å². The molecule has 0 aromatic rings. The molecule has 0 radical (unpaired) electrons. The van der Waals surface area contributed by atoms with E-state index in [1.165, 1.54) is 0 Å². The number of halogens is 1. The number of aliphatic hydroxyl groups excluding tert-OH is 1. The fourth-order valence-corrected chi connectivity index (χ4v) is 1.59. The highest BCUT2D eigenvalue weighted by molar-refractivity contribution is 4.79. The molecule has 2 nitrogen and oxygen atoms in total. The standard InChI is InChI=1S/C8H16FNO/c9-5-6-10-7-3-1-2-4-8(7)11/h7-8,10-11H,1-6H2. The predicted molar refractivity (Wildman–Crippen MR) is 42.2 cm³/mol. The predicted octanol–water partition coefficient (Wildman–Crippen LogP) is 0.849. The average Bonchev–Trinajstić information content (AvgIpc) is 2.03. The van der Waals surface area contributed by atoms with Crippen LogP contribution >= 0.6 is 0 Å². The first-order valence-electron chi connectivity index (χ1n) is 4.32. The van der Waals surface area contributed by atoms with E-state index < -0.39 is 0 Å². The second-order valence-electron chi connectivity index (χ2n) is 3.10. The third-order valence-corrected chi connectivity index (χ3v) is 2.23. The smallest absolute Gasteiger partial charge is 0.102 e. The van der Waals surface area contributed by atoms with E-state index >= 15 is 0 Å². The van der Waals surface area contributed by atoms with Gasteiger partial charge in [0.2, 0.25) is 0 Å². The number of rotatable bonds is 3. The Hall–Kier alpha value is -0.150.